The molecule has 1 N–H and O–H groups in total. The van der Waals surface area contributed by atoms with E-state index in [9.17, 15) is 9.59 Å². The highest BCUT2D eigenvalue weighted by Crippen LogP contribution is 2.30. The van der Waals surface area contributed by atoms with Crippen molar-refractivity contribution in [1.29, 1.82) is 0 Å². The van der Waals surface area contributed by atoms with Crippen molar-refractivity contribution in [3.8, 4) is 5.88 Å². The average molecular weight is 626 g/mol. The maximum Gasteiger partial charge on any atom is 0.408 e. The Morgan fingerprint density at radius 2 is 1.87 bits per heavy atom. The van der Waals surface area contributed by atoms with E-state index in [1.165, 1.54) is 0 Å². The lowest BCUT2D eigenvalue weighted by atomic mass is 9.84. The van der Waals surface area contributed by atoms with Crippen LogP contribution in [0.15, 0.2) is 22.9 Å². The second-order valence-electron chi connectivity index (χ2n) is 14.2. The van der Waals surface area contributed by atoms with Crippen LogP contribution in [0, 0.1) is 11.8 Å². The standard InChI is InChI=1S/C33H51N7O5/c1-22(2)30-36-31(45-37-30)38-16-12-24(13-17-38)23(3)14-18-43-28-11-10-25(19-34-28)39-20-26(35-32(42)44-33(4,5)6)27(21-39)40-15-8-7-9-29(40)41/h10-11,19,22-24,26-27H,7-9,12-18,20-21H2,1-6H3,(H,35,42)/t23-,26+,27-/m1/s1. The van der Waals surface area contributed by atoms with Gasteiger partial charge in [0, 0.05) is 51.1 Å². The van der Waals surface area contributed by atoms with E-state index in [4.69, 9.17) is 14.0 Å². The summed E-state index contributed by atoms with van der Waals surface area (Å²) in [6, 6.07) is 4.19. The number of hydrogen-bond donors (Lipinski definition) is 1. The van der Waals surface area contributed by atoms with Crippen LogP contribution in [0.2, 0.25) is 0 Å². The van der Waals surface area contributed by atoms with Crippen LogP contribution < -0.4 is 19.9 Å². The highest BCUT2D eigenvalue weighted by atomic mass is 16.6. The van der Waals surface area contributed by atoms with Crippen molar-refractivity contribution >= 4 is 23.7 Å². The van der Waals surface area contributed by atoms with Gasteiger partial charge in [-0.1, -0.05) is 25.9 Å². The SMILES string of the molecule is CC(C)c1noc(N2CCC([C@H](C)CCOc3ccc(N4C[C@H](NC(=O)OC(C)(C)C)[C@H](N5CCCCC5=O)C4)cn3)CC2)n1. The molecule has 3 aliphatic rings. The Bertz CT molecular complexity index is 1270. The number of alkyl carbamates (subject to hydrolysis) is 1. The van der Waals surface area contributed by atoms with Gasteiger partial charge in [0.15, 0.2) is 5.82 Å². The van der Waals surface area contributed by atoms with Gasteiger partial charge < -0.3 is 34.0 Å². The minimum atomic E-state index is -0.595. The number of carbonyl (C=O) groups is 2. The van der Waals surface area contributed by atoms with Crippen LogP contribution in [-0.4, -0.2) is 89.0 Å². The van der Waals surface area contributed by atoms with E-state index >= 15 is 0 Å². The molecule has 45 heavy (non-hydrogen) atoms. The minimum Gasteiger partial charge on any atom is -0.478 e. The number of rotatable bonds is 10. The molecule has 2 aromatic rings. The summed E-state index contributed by atoms with van der Waals surface area (Å²) >= 11 is 0. The summed E-state index contributed by atoms with van der Waals surface area (Å²) in [5.41, 5.74) is 0.342. The molecule has 2 amide bonds. The van der Waals surface area contributed by atoms with Gasteiger partial charge in [-0.2, -0.15) is 4.98 Å². The van der Waals surface area contributed by atoms with Crippen LogP contribution in [0.25, 0.3) is 0 Å². The zero-order valence-corrected chi connectivity index (χ0v) is 27.8. The molecule has 5 rings (SSSR count). The van der Waals surface area contributed by atoms with Gasteiger partial charge in [-0.05, 0) is 70.8 Å². The molecule has 3 saturated heterocycles. The Morgan fingerprint density at radius 1 is 1.09 bits per heavy atom. The molecule has 2 aromatic heterocycles. The molecule has 0 unspecified atom stereocenters. The molecule has 248 valence electrons. The van der Waals surface area contributed by atoms with Gasteiger partial charge in [-0.3, -0.25) is 4.79 Å². The number of carbonyl (C=O) groups excluding carboxylic acids is 2. The van der Waals surface area contributed by atoms with Gasteiger partial charge in [0.2, 0.25) is 11.8 Å². The summed E-state index contributed by atoms with van der Waals surface area (Å²) in [5, 5.41) is 7.15. The first-order valence-corrected chi connectivity index (χ1v) is 16.7. The third-order valence-electron chi connectivity index (χ3n) is 9.22. The molecule has 0 aromatic carbocycles. The lowest BCUT2D eigenvalue weighted by Crippen LogP contribution is -2.54. The fourth-order valence-corrected chi connectivity index (χ4v) is 6.57. The van der Waals surface area contributed by atoms with Gasteiger partial charge in [0.25, 0.3) is 0 Å². The Labute approximate surface area is 267 Å². The smallest absolute Gasteiger partial charge is 0.408 e. The summed E-state index contributed by atoms with van der Waals surface area (Å²) in [6.45, 7) is 16.4. The van der Waals surface area contributed by atoms with E-state index in [1.54, 1.807) is 0 Å². The predicted molar refractivity (Wildman–Crippen MR) is 172 cm³/mol. The molecule has 3 atom stereocenters. The molecular weight excluding hydrogens is 574 g/mol. The van der Waals surface area contributed by atoms with E-state index in [1.807, 2.05) is 44.0 Å². The third-order valence-corrected chi connectivity index (χ3v) is 9.22. The summed E-state index contributed by atoms with van der Waals surface area (Å²) in [6.07, 6.45) is 6.96. The van der Waals surface area contributed by atoms with Gasteiger partial charge in [-0.25, -0.2) is 9.78 Å². The van der Waals surface area contributed by atoms with E-state index in [0.29, 0.717) is 56.4 Å². The minimum absolute atomic E-state index is 0.126. The maximum absolute atomic E-state index is 12.8. The molecule has 0 bridgehead atoms. The fourth-order valence-electron chi connectivity index (χ4n) is 6.57. The van der Waals surface area contributed by atoms with E-state index < -0.39 is 11.7 Å². The Hall–Kier alpha value is -3.57. The first kappa shape index (κ1) is 32.8. The van der Waals surface area contributed by atoms with Crippen LogP contribution in [0.3, 0.4) is 0 Å². The van der Waals surface area contributed by atoms with Gasteiger partial charge in [-0.15, -0.1) is 0 Å². The quantitative estimate of drug-likeness (QED) is 0.385. The Balaban J connectivity index is 1.10. The van der Waals surface area contributed by atoms with E-state index in [-0.39, 0.29) is 23.9 Å². The molecule has 0 radical (unpaired) electrons. The number of likely N-dealkylation sites (tertiary alicyclic amines) is 1. The number of nitrogens with one attached hydrogen (secondary N) is 1. The van der Waals surface area contributed by atoms with E-state index in [0.717, 1.165) is 56.7 Å². The average Bonchev–Trinajstić information content (AvgIpc) is 3.65. The number of piperidine rings is 2. The molecule has 3 fully saturated rings. The van der Waals surface area contributed by atoms with Crippen LogP contribution >= 0.6 is 0 Å². The number of aromatic nitrogens is 3. The number of hydrogen-bond acceptors (Lipinski definition) is 10. The molecule has 5 heterocycles. The number of pyridine rings is 1. The number of nitrogens with zero attached hydrogens (tertiary/aromatic N) is 6. The van der Waals surface area contributed by atoms with Crippen molar-refractivity contribution in [3.05, 3.63) is 24.2 Å². The molecular formula is C33H51N7O5. The monoisotopic (exact) mass is 625 g/mol. The van der Waals surface area contributed by atoms with Gasteiger partial charge >= 0.3 is 12.1 Å². The summed E-state index contributed by atoms with van der Waals surface area (Å²) in [7, 11) is 0. The molecule has 12 nitrogen and oxygen atoms in total. The zero-order chi connectivity index (χ0) is 32.1. The topological polar surface area (TPSA) is 126 Å². The largest absolute Gasteiger partial charge is 0.478 e. The highest BCUT2D eigenvalue weighted by molar-refractivity contribution is 5.78. The normalized spacial score (nSPS) is 22.2. The third kappa shape index (κ3) is 8.58. The molecule has 3 aliphatic heterocycles. The first-order chi connectivity index (χ1) is 21.5. The fraction of sp³-hybridized carbons (Fsp3) is 0.727. The van der Waals surface area contributed by atoms with Gasteiger partial charge in [0.05, 0.1) is 30.6 Å². The zero-order valence-electron chi connectivity index (χ0n) is 27.8. The summed E-state index contributed by atoms with van der Waals surface area (Å²) in [5.74, 6) is 2.94. The molecule has 0 aliphatic carbocycles. The van der Waals surface area contributed by atoms with Crippen LogP contribution in [0.1, 0.15) is 91.8 Å². The molecule has 0 spiro atoms. The first-order valence-electron chi connectivity index (χ1n) is 16.7. The molecule has 0 saturated carbocycles. The summed E-state index contributed by atoms with van der Waals surface area (Å²) < 4.78 is 17.1. The van der Waals surface area contributed by atoms with Crippen molar-refractivity contribution < 1.29 is 23.6 Å². The van der Waals surface area contributed by atoms with Crippen molar-refractivity contribution in [2.75, 3.05) is 49.1 Å². The second kappa shape index (κ2) is 14.2. The Morgan fingerprint density at radius 3 is 2.51 bits per heavy atom. The predicted octanol–water partition coefficient (Wildman–Crippen LogP) is 5.00. The van der Waals surface area contributed by atoms with Crippen molar-refractivity contribution in [1.82, 2.24) is 25.3 Å². The summed E-state index contributed by atoms with van der Waals surface area (Å²) in [4.78, 5) is 40.9. The number of anilines is 2. The maximum atomic E-state index is 12.8. The second-order valence-corrected chi connectivity index (χ2v) is 14.2. The number of ether oxygens (including phenoxy) is 2. The van der Waals surface area contributed by atoms with E-state index in [2.05, 4.69) is 51.0 Å². The van der Waals surface area contributed by atoms with Crippen LogP contribution in [0.4, 0.5) is 16.5 Å². The van der Waals surface area contributed by atoms with Crippen LogP contribution in [-0.2, 0) is 9.53 Å². The van der Waals surface area contributed by atoms with Crippen molar-refractivity contribution in [2.45, 2.75) is 104 Å². The Kier molecular flexibility index (Phi) is 10.4. The van der Waals surface area contributed by atoms with Crippen molar-refractivity contribution in [3.63, 3.8) is 0 Å². The highest BCUT2D eigenvalue weighted by Gasteiger charge is 2.41. The number of amides is 2. The van der Waals surface area contributed by atoms with Crippen molar-refractivity contribution in [2.24, 2.45) is 11.8 Å². The van der Waals surface area contributed by atoms with Crippen LogP contribution in [0.5, 0.6) is 5.88 Å². The molecule has 12 heteroatoms. The van der Waals surface area contributed by atoms with Gasteiger partial charge in [0.1, 0.15) is 5.60 Å². The lowest BCUT2D eigenvalue weighted by molar-refractivity contribution is -0.135. The lowest BCUT2D eigenvalue weighted by Gasteiger charge is -2.35.